The highest BCUT2D eigenvalue weighted by Gasteiger charge is 2.34. The molecule has 1 atom stereocenters. The summed E-state index contributed by atoms with van der Waals surface area (Å²) in [5.74, 6) is 0. The highest BCUT2D eigenvalue weighted by atomic mass is 127. The summed E-state index contributed by atoms with van der Waals surface area (Å²) >= 11 is 20.3. The second-order valence-corrected chi connectivity index (χ2v) is 14.1. The number of benzene rings is 3. The van der Waals surface area contributed by atoms with Gasteiger partial charge in [-0.05, 0) is 83.3 Å². The van der Waals surface area contributed by atoms with Crippen LogP contribution in [0.25, 0.3) is 22.3 Å². The third kappa shape index (κ3) is 8.04. The van der Waals surface area contributed by atoms with Crippen molar-refractivity contribution < 1.29 is 9.48 Å². The highest BCUT2D eigenvalue weighted by molar-refractivity contribution is 14.1. The second-order valence-electron chi connectivity index (χ2n) is 9.77. The lowest BCUT2D eigenvalue weighted by Crippen LogP contribution is -2.15. The fraction of sp³-hybridized carbons (Fsp3) is 0.219. The van der Waals surface area contributed by atoms with Gasteiger partial charge in [-0.3, -0.25) is 14.9 Å². The zero-order chi connectivity index (χ0) is 31.1. The van der Waals surface area contributed by atoms with E-state index in [0.717, 1.165) is 16.4 Å². The molecule has 0 saturated heterocycles. The molecule has 0 aliphatic heterocycles. The van der Waals surface area contributed by atoms with Gasteiger partial charge in [-0.2, -0.15) is 0 Å². The molecule has 224 valence electrons. The number of nitro benzene ring substituents is 1. The van der Waals surface area contributed by atoms with Crippen LogP contribution in [0.4, 0.5) is 5.69 Å². The first kappa shape index (κ1) is 33.6. The highest BCUT2D eigenvalue weighted by Crippen LogP contribution is 2.44. The minimum atomic E-state index is -1.56. The minimum absolute atomic E-state index is 0.0486. The lowest BCUT2D eigenvalue weighted by molar-refractivity contribution is -0.385. The predicted molar refractivity (Wildman–Crippen MR) is 185 cm³/mol. The van der Waals surface area contributed by atoms with Crippen LogP contribution < -0.4 is 5.43 Å². The molecule has 0 spiro atoms. The number of allylic oxidation sites excluding steroid dienone is 2. The summed E-state index contributed by atoms with van der Waals surface area (Å²) in [7, 11) is 0. The van der Waals surface area contributed by atoms with Crippen molar-refractivity contribution >= 4 is 74.3 Å². The molecule has 0 N–H and O–H groups in total. The van der Waals surface area contributed by atoms with Crippen LogP contribution in [0, 0.1) is 13.7 Å². The molecule has 0 amide bonds. The van der Waals surface area contributed by atoms with E-state index in [2.05, 4.69) is 29.5 Å². The first-order valence-electron chi connectivity index (χ1n) is 13.5. The first-order chi connectivity index (χ1) is 20.6. The molecule has 0 radical (unpaired) electrons. The van der Waals surface area contributed by atoms with Gasteiger partial charge in [0.15, 0.2) is 15.2 Å². The smallest absolute Gasteiger partial charge is 0.275 e. The van der Waals surface area contributed by atoms with Gasteiger partial charge in [-0.1, -0.05) is 73.0 Å². The number of nitrogens with zero attached hydrogens (tertiary/aromatic N) is 2. The number of rotatable bonds is 12. The van der Waals surface area contributed by atoms with Gasteiger partial charge in [-0.25, -0.2) is 0 Å². The van der Waals surface area contributed by atoms with Crippen LogP contribution in [0.3, 0.4) is 0 Å². The molecule has 1 heterocycles. The Morgan fingerprint density at radius 3 is 2.30 bits per heavy atom. The largest absolute Gasteiger partial charge is 0.606 e. The molecule has 0 aliphatic carbocycles. The van der Waals surface area contributed by atoms with E-state index in [1.165, 1.54) is 18.2 Å². The van der Waals surface area contributed by atoms with E-state index in [1.54, 1.807) is 41.2 Å². The SMILES string of the molecule is CCC/C=C/CCC(Cl)(Cl)c1cc(-c2cn(CCl)cc(-c3cccc([S+]([O-])c4ccccc4I)c3)c2=O)ccc1[N+](=O)[O-]. The Balaban J connectivity index is 1.79. The maximum atomic E-state index is 14.0. The number of pyridine rings is 1. The van der Waals surface area contributed by atoms with E-state index >= 15 is 0 Å². The fourth-order valence-electron chi connectivity index (χ4n) is 4.57. The molecule has 0 aliphatic rings. The Hall–Kier alpha value is -2.34. The van der Waals surface area contributed by atoms with Crippen LogP contribution in [0.5, 0.6) is 0 Å². The Kier molecular flexibility index (Phi) is 11.8. The lowest BCUT2D eigenvalue weighted by atomic mass is 9.96. The van der Waals surface area contributed by atoms with Gasteiger partial charge < -0.3 is 9.12 Å². The Morgan fingerprint density at radius 2 is 1.65 bits per heavy atom. The molecular weight excluding hydrogens is 742 g/mol. The monoisotopic (exact) mass is 768 g/mol. The summed E-state index contributed by atoms with van der Waals surface area (Å²) < 4.78 is 14.4. The van der Waals surface area contributed by atoms with Gasteiger partial charge in [0.2, 0.25) is 0 Å². The van der Waals surface area contributed by atoms with Gasteiger partial charge >= 0.3 is 0 Å². The molecule has 3 aromatic carbocycles. The van der Waals surface area contributed by atoms with Crippen molar-refractivity contribution in [3.05, 3.63) is 121 Å². The maximum Gasteiger partial charge on any atom is 0.275 e. The summed E-state index contributed by atoms with van der Waals surface area (Å²) in [5.41, 5.74) is 1.14. The Morgan fingerprint density at radius 1 is 0.977 bits per heavy atom. The first-order valence-corrected chi connectivity index (χ1v) is 17.0. The number of halogens is 4. The van der Waals surface area contributed by atoms with Crippen LogP contribution in [-0.4, -0.2) is 14.0 Å². The van der Waals surface area contributed by atoms with Crippen molar-refractivity contribution in [2.24, 2.45) is 0 Å². The summed E-state index contributed by atoms with van der Waals surface area (Å²) in [4.78, 5) is 26.6. The molecule has 1 aromatic heterocycles. The number of hydrogen-bond acceptors (Lipinski definition) is 4. The van der Waals surface area contributed by atoms with Crippen molar-refractivity contribution in [1.82, 2.24) is 4.57 Å². The number of unbranched alkanes of at least 4 members (excludes halogenated alkanes) is 1. The third-order valence-corrected chi connectivity index (χ3v) is 10.6. The van der Waals surface area contributed by atoms with E-state index < -0.39 is 20.4 Å². The van der Waals surface area contributed by atoms with Crippen molar-refractivity contribution in [2.75, 3.05) is 0 Å². The minimum Gasteiger partial charge on any atom is -0.606 e. The van der Waals surface area contributed by atoms with E-state index in [0.29, 0.717) is 32.9 Å². The van der Waals surface area contributed by atoms with E-state index in [-0.39, 0.29) is 34.7 Å². The van der Waals surface area contributed by atoms with Gasteiger partial charge in [0.05, 0.1) is 20.1 Å². The van der Waals surface area contributed by atoms with Crippen molar-refractivity contribution in [3.8, 4) is 22.3 Å². The molecule has 1 unspecified atom stereocenters. The predicted octanol–water partition coefficient (Wildman–Crippen LogP) is 9.82. The van der Waals surface area contributed by atoms with Crippen molar-refractivity contribution in [3.63, 3.8) is 0 Å². The fourth-order valence-corrected chi connectivity index (χ4v) is 7.35. The molecule has 0 saturated carbocycles. The van der Waals surface area contributed by atoms with Crippen LogP contribution in [0.1, 0.15) is 38.2 Å². The second kappa shape index (κ2) is 15.1. The maximum absolute atomic E-state index is 14.0. The molecule has 0 bridgehead atoms. The summed E-state index contributed by atoms with van der Waals surface area (Å²) in [6.45, 7) is 2.07. The van der Waals surface area contributed by atoms with Gasteiger partial charge in [0, 0.05) is 46.8 Å². The van der Waals surface area contributed by atoms with Crippen LogP contribution in [-0.2, 0) is 21.5 Å². The van der Waals surface area contributed by atoms with Crippen LogP contribution in [0.15, 0.2) is 106 Å². The summed E-state index contributed by atoms with van der Waals surface area (Å²) in [6, 6.07) is 18.8. The van der Waals surface area contributed by atoms with Gasteiger partial charge in [-0.15, -0.1) is 11.6 Å². The van der Waals surface area contributed by atoms with Gasteiger partial charge in [0.25, 0.3) is 5.69 Å². The molecule has 4 aromatic rings. The molecule has 0 fully saturated rings. The topological polar surface area (TPSA) is 88.2 Å². The number of aromatic nitrogens is 1. The third-order valence-electron chi connectivity index (χ3n) is 6.76. The van der Waals surface area contributed by atoms with Crippen LogP contribution >= 0.6 is 57.4 Å². The lowest BCUT2D eigenvalue weighted by Gasteiger charge is -2.20. The molecule has 6 nitrogen and oxygen atoms in total. The average Bonchev–Trinajstić information content (AvgIpc) is 3.00. The van der Waals surface area contributed by atoms with Crippen molar-refractivity contribution in [2.45, 2.75) is 52.7 Å². The number of nitro groups is 1. The molecular formula is C32H28Cl3IN2O4S. The summed E-state index contributed by atoms with van der Waals surface area (Å²) in [6.07, 6.45) is 9.91. The Labute approximate surface area is 282 Å². The molecule has 43 heavy (non-hydrogen) atoms. The standard InChI is InChI=1S/C32H28Cl3IN2O4S/c1-2-3-4-5-8-16-32(34,35)27-18-23(14-15-29(27)38(40)41)26-20-37(21-33)19-25(31(26)39)22-10-9-11-24(17-22)43(42)30-13-7-6-12-28(30)36/h4-7,9-15,17-20H,2-3,8,16,21H2,1H3/b5-4+. The number of alkyl halides is 3. The zero-order valence-electron chi connectivity index (χ0n) is 23.1. The van der Waals surface area contributed by atoms with Crippen molar-refractivity contribution in [1.29, 1.82) is 0 Å². The van der Waals surface area contributed by atoms with Gasteiger partial charge in [0.1, 0.15) is 4.33 Å². The van der Waals surface area contributed by atoms with E-state index in [4.69, 9.17) is 34.8 Å². The normalized spacial score (nSPS) is 12.5. The molecule has 11 heteroatoms. The number of hydrogen-bond donors (Lipinski definition) is 0. The van der Waals surface area contributed by atoms with Crippen LogP contribution in [0.2, 0.25) is 0 Å². The molecule has 4 rings (SSSR count). The average molecular weight is 770 g/mol. The quantitative estimate of drug-likeness (QED) is 0.0359. The zero-order valence-corrected chi connectivity index (χ0v) is 28.4. The summed E-state index contributed by atoms with van der Waals surface area (Å²) in [5, 5.41) is 11.9. The van der Waals surface area contributed by atoms with E-state index in [9.17, 15) is 19.5 Å². The Bertz CT molecular complexity index is 1710. The van der Waals surface area contributed by atoms with E-state index in [1.807, 2.05) is 36.4 Å².